The summed E-state index contributed by atoms with van der Waals surface area (Å²) in [7, 11) is 1.90. The summed E-state index contributed by atoms with van der Waals surface area (Å²) in [6.07, 6.45) is 19.0. The van der Waals surface area contributed by atoms with E-state index in [-0.39, 0.29) is 0 Å². The minimum Gasteiger partial charge on any atom is -0.291 e. The molecule has 0 saturated carbocycles. The van der Waals surface area contributed by atoms with Crippen LogP contribution in [0, 0.1) is 5.92 Å². The molecule has 0 fully saturated rings. The first-order chi connectivity index (χ1) is 10.3. The van der Waals surface area contributed by atoms with Crippen LogP contribution in [-0.4, -0.2) is 19.0 Å². The van der Waals surface area contributed by atoms with Gasteiger partial charge >= 0.3 is 0 Å². The predicted octanol–water partition coefficient (Wildman–Crippen LogP) is 6.22. The number of hydrogen-bond donors (Lipinski definition) is 0. The van der Waals surface area contributed by atoms with Crippen molar-refractivity contribution in [1.82, 2.24) is 0 Å². The van der Waals surface area contributed by atoms with Crippen LogP contribution in [0.2, 0.25) is 0 Å². The van der Waals surface area contributed by atoms with Crippen LogP contribution in [0.3, 0.4) is 0 Å². The topological polar surface area (TPSA) is 24.7 Å². The molecule has 0 unspecified atom stereocenters. The molecule has 21 heavy (non-hydrogen) atoms. The van der Waals surface area contributed by atoms with Crippen molar-refractivity contribution in [1.29, 1.82) is 0 Å². The normalized spacial score (nSPS) is 13.1. The molecular formula is C19H36N2. The molecule has 0 aliphatic carbocycles. The second kappa shape index (κ2) is 15.5. The van der Waals surface area contributed by atoms with Crippen molar-refractivity contribution in [2.45, 2.75) is 85.0 Å². The van der Waals surface area contributed by atoms with Crippen molar-refractivity contribution in [3.05, 3.63) is 12.3 Å². The van der Waals surface area contributed by atoms with Gasteiger partial charge in [-0.2, -0.15) is 0 Å². The Bertz CT molecular complexity index is 291. The Kier molecular flexibility index (Phi) is 14.8. The quantitative estimate of drug-likeness (QED) is 0.284. The molecule has 0 aliphatic rings. The Hall–Kier alpha value is -0.920. The van der Waals surface area contributed by atoms with Gasteiger partial charge in [0.25, 0.3) is 0 Å². The second-order valence-electron chi connectivity index (χ2n) is 5.80. The highest BCUT2D eigenvalue weighted by atomic mass is 14.7. The monoisotopic (exact) mass is 292 g/mol. The highest BCUT2D eigenvalue weighted by Crippen LogP contribution is 2.19. The summed E-state index contributed by atoms with van der Waals surface area (Å²) < 4.78 is 0. The number of unbranched alkanes of at least 4 members (excludes halogenated alkanes) is 6. The molecule has 2 heteroatoms. The molecule has 0 spiro atoms. The zero-order valence-corrected chi connectivity index (χ0v) is 14.8. The SMILES string of the molecule is C/C=C\N=CC(=NC)C(CCCCCC)CCCCCC. The van der Waals surface area contributed by atoms with Crippen LogP contribution in [0.4, 0.5) is 0 Å². The number of rotatable bonds is 13. The van der Waals surface area contributed by atoms with Gasteiger partial charge in [0.15, 0.2) is 0 Å². The Balaban J connectivity index is 4.43. The zero-order valence-electron chi connectivity index (χ0n) is 14.8. The molecule has 0 heterocycles. The van der Waals surface area contributed by atoms with Crippen LogP contribution in [0.1, 0.15) is 85.0 Å². The van der Waals surface area contributed by atoms with Gasteiger partial charge < -0.3 is 0 Å². The molecule has 122 valence electrons. The molecule has 0 aromatic carbocycles. The third-order valence-corrected chi connectivity index (χ3v) is 3.93. The van der Waals surface area contributed by atoms with Crippen molar-refractivity contribution in [2.75, 3.05) is 7.05 Å². The fourth-order valence-electron chi connectivity index (χ4n) is 2.63. The van der Waals surface area contributed by atoms with Gasteiger partial charge in [-0.15, -0.1) is 0 Å². The largest absolute Gasteiger partial charge is 0.291 e. The van der Waals surface area contributed by atoms with Crippen molar-refractivity contribution in [3.63, 3.8) is 0 Å². The highest BCUT2D eigenvalue weighted by Gasteiger charge is 2.13. The summed E-state index contributed by atoms with van der Waals surface area (Å²) in [4.78, 5) is 8.83. The lowest BCUT2D eigenvalue weighted by Gasteiger charge is -2.16. The Morgan fingerprint density at radius 1 is 0.905 bits per heavy atom. The van der Waals surface area contributed by atoms with Crippen molar-refractivity contribution >= 4 is 11.9 Å². The molecule has 0 rings (SSSR count). The Morgan fingerprint density at radius 3 is 1.90 bits per heavy atom. The van der Waals surface area contributed by atoms with Crippen molar-refractivity contribution in [2.24, 2.45) is 15.9 Å². The van der Waals surface area contributed by atoms with Crippen LogP contribution < -0.4 is 0 Å². The van der Waals surface area contributed by atoms with E-state index >= 15 is 0 Å². The first-order valence-corrected chi connectivity index (χ1v) is 8.91. The van der Waals surface area contributed by atoms with E-state index in [0.717, 1.165) is 0 Å². The zero-order chi connectivity index (χ0) is 15.8. The summed E-state index contributed by atoms with van der Waals surface area (Å²) in [6.45, 7) is 6.53. The van der Waals surface area contributed by atoms with E-state index in [1.807, 2.05) is 32.5 Å². The summed E-state index contributed by atoms with van der Waals surface area (Å²) in [5.41, 5.74) is 1.18. The summed E-state index contributed by atoms with van der Waals surface area (Å²) >= 11 is 0. The summed E-state index contributed by atoms with van der Waals surface area (Å²) in [5.74, 6) is 0.595. The van der Waals surface area contributed by atoms with Crippen LogP contribution in [0.25, 0.3) is 0 Å². The van der Waals surface area contributed by atoms with Gasteiger partial charge in [-0.1, -0.05) is 71.3 Å². The van der Waals surface area contributed by atoms with E-state index in [4.69, 9.17) is 0 Å². The van der Waals surface area contributed by atoms with Crippen LogP contribution in [0.15, 0.2) is 22.3 Å². The fourth-order valence-corrected chi connectivity index (χ4v) is 2.63. The van der Waals surface area contributed by atoms with Gasteiger partial charge in [0.05, 0.1) is 5.71 Å². The maximum Gasteiger partial charge on any atom is 0.0558 e. The standard InChI is InChI=1S/C19H36N2/c1-5-8-10-12-14-18(15-13-11-9-6-2)19(20-4)17-21-16-7-3/h7,16-18H,5-6,8-15H2,1-4H3/b16-7-,20-19?,21-17?. The predicted molar refractivity (Wildman–Crippen MR) is 97.7 cm³/mol. The lowest BCUT2D eigenvalue weighted by atomic mass is 9.90. The van der Waals surface area contributed by atoms with E-state index < -0.39 is 0 Å². The molecule has 0 saturated heterocycles. The van der Waals surface area contributed by atoms with E-state index in [1.165, 1.54) is 69.9 Å². The molecular weight excluding hydrogens is 256 g/mol. The molecule has 0 N–H and O–H groups in total. The third-order valence-electron chi connectivity index (χ3n) is 3.93. The van der Waals surface area contributed by atoms with Gasteiger partial charge in [0.1, 0.15) is 0 Å². The second-order valence-corrected chi connectivity index (χ2v) is 5.80. The van der Waals surface area contributed by atoms with E-state index in [2.05, 4.69) is 23.8 Å². The van der Waals surface area contributed by atoms with Crippen molar-refractivity contribution in [3.8, 4) is 0 Å². The van der Waals surface area contributed by atoms with Crippen LogP contribution >= 0.6 is 0 Å². The highest BCUT2D eigenvalue weighted by molar-refractivity contribution is 6.31. The van der Waals surface area contributed by atoms with E-state index in [0.29, 0.717) is 5.92 Å². The molecule has 2 nitrogen and oxygen atoms in total. The van der Waals surface area contributed by atoms with Crippen molar-refractivity contribution < 1.29 is 0 Å². The molecule has 0 atom stereocenters. The minimum absolute atomic E-state index is 0.595. The van der Waals surface area contributed by atoms with Gasteiger partial charge in [-0.05, 0) is 19.8 Å². The van der Waals surface area contributed by atoms with Gasteiger partial charge in [0.2, 0.25) is 0 Å². The van der Waals surface area contributed by atoms with Gasteiger partial charge in [-0.25, -0.2) is 0 Å². The molecule has 0 amide bonds. The number of nitrogens with zero attached hydrogens (tertiary/aromatic N) is 2. The summed E-state index contributed by atoms with van der Waals surface area (Å²) in [6, 6.07) is 0. The maximum absolute atomic E-state index is 4.49. The van der Waals surface area contributed by atoms with Gasteiger partial charge in [0, 0.05) is 25.4 Å². The van der Waals surface area contributed by atoms with Crippen LogP contribution in [0.5, 0.6) is 0 Å². The average molecular weight is 293 g/mol. The van der Waals surface area contributed by atoms with Crippen LogP contribution in [-0.2, 0) is 0 Å². The lowest BCUT2D eigenvalue weighted by molar-refractivity contribution is 0.496. The van der Waals surface area contributed by atoms with E-state index in [9.17, 15) is 0 Å². The Labute approximate surface area is 132 Å². The third kappa shape index (κ3) is 11.4. The number of hydrogen-bond acceptors (Lipinski definition) is 2. The van der Waals surface area contributed by atoms with Gasteiger partial charge in [-0.3, -0.25) is 9.98 Å². The molecule has 0 bridgehead atoms. The molecule has 0 aromatic heterocycles. The number of aliphatic imine (C=N–C) groups is 2. The molecule has 0 radical (unpaired) electrons. The minimum atomic E-state index is 0.595. The molecule has 0 aromatic rings. The molecule has 0 aliphatic heterocycles. The first-order valence-electron chi connectivity index (χ1n) is 8.91. The fraction of sp³-hybridized carbons (Fsp3) is 0.789. The maximum atomic E-state index is 4.49. The number of allylic oxidation sites excluding steroid dienone is 1. The smallest absolute Gasteiger partial charge is 0.0558 e. The lowest BCUT2D eigenvalue weighted by Crippen LogP contribution is -2.16. The average Bonchev–Trinajstić information content (AvgIpc) is 2.50. The van der Waals surface area contributed by atoms with E-state index in [1.54, 1.807) is 0 Å². The Morgan fingerprint density at radius 2 is 1.48 bits per heavy atom. The first kappa shape index (κ1) is 20.1. The summed E-state index contributed by atoms with van der Waals surface area (Å²) in [5, 5.41) is 0.